The third-order valence-corrected chi connectivity index (χ3v) is 13.9. The molecule has 0 aliphatic heterocycles. The van der Waals surface area contributed by atoms with E-state index in [2.05, 4.69) is 170 Å². The van der Waals surface area contributed by atoms with Crippen LogP contribution in [0.5, 0.6) is 0 Å². The van der Waals surface area contributed by atoms with Crippen LogP contribution in [0.1, 0.15) is 23.5 Å². The molecule has 0 spiro atoms. The Morgan fingerprint density at radius 2 is 1.18 bits per heavy atom. The summed E-state index contributed by atoms with van der Waals surface area (Å²) in [5.74, 6) is 0.895. The summed E-state index contributed by atoms with van der Waals surface area (Å²) in [4.78, 5) is 10.6. The second kappa shape index (κ2) is 13.0. The predicted molar refractivity (Wildman–Crippen MR) is 242 cm³/mol. The molecule has 57 heavy (non-hydrogen) atoms. The molecule has 0 fully saturated rings. The van der Waals surface area contributed by atoms with Gasteiger partial charge >= 0.3 is 0 Å². The molecule has 268 valence electrons. The maximum Gasteiger partial charge on any atom is 0.180 e. The van der Waals surface area contributed by atoms with Crippen molar-refractivity contribution >= 4 is 90.7 Å². The van der Waals surface area contributed by atoms with Gasteiger partial charge in [0.15, 0.2) is 11.4 Å². The Kier molecular flexibility index (Phi) is 7.40. The lowest BCUT2D eigenvalue weighted by molar-refractivity contribution is 0.667. The highest BCUT2D eigenvalue weighted by Crippen LogP contribution is 2.44. The van der Waals surface area contributed by atoms with Crippen LogP contribution in [0.25, 0.3) is 102 Å². The van der Waals surface area contributed by atoms with Crippen molar-refractivity contribution < 1.29 is 4.42 Å². The fourth-order valence-electron chi connectivity index (χ4n) is 8.72. The maximum atomic E-state index is 6.66. The monoisotopic (exact) mass is 764 g/mol. The van der Waals surface area contributed by atoms with E-state index >= 15 is 0 Å². The van der Waals surface area contributed by atoms with Crippen molar-refractivity contribution in [1.82, 2.24) is 9.97 Å². The highest BCUT2D eigenvalue weighted by molar-refractivity contribution is 7.26. The number of rotatable bonds is 5. The van der Waals surface area contributed by atoms with Gasteiger partial charge in [-0.2, -0.15) is 0 Å². The van der Waals surface area contributed by atoms with E-state index in [1.165, 1.54) is 62.6 Å². The number of fused-ring (bicyclic) bond motifs is 9. The summed E-state index contributed by atoms with van der Waals surface area (Å²) in [6.45, 7) is 0. The summed E-state index contributed by atoms with van der Waals surface area (Å²) in [6, 6.07) is 56.4. The lowest BCUT2D eigenvalue weighted by atomic mass is 9.85. The number of allylic oxidation sites excluding steroid dienone is 4. The predicted octanol–water partition coefficient (Wildman–Crippen LogP) is 15.2. The van der Waals surface area contributed by atoms with Gasteiger partial charge in [-0.15, -0.1) is 22.7 Å². The van der Waals surface area contributed by atoms with Gasteiger partial charge in [0.2, 0.25) is 0 Å². The second-order valence-corrected chi connectivity index (χ2v) is 16.9. The molecule has 12 rings (SSSR count). The van der Waals surface area contributed by atoms with Gasteiger partial charge in [0.05, 0.1) is 0 Å². The molecule has 0 amide bonds. The summed E-state index contributed by atoms with van der Waals surface area (Å²) in [5.41, 5.74) is 11.4. The molecule has 0 N–H and O–H groups in total. The SMILES string of the molecule is C1=CC(c2ccc3oc4c(-c5ccccc5)nc(-c5cccc(-c6cccc7c6sc6ccccc67)c5)nc4c3c2)CC(c2cccc3c2sc2ccccc23)=C1. The first-order valence-electron chi connectivity index (χ1n) is 19.3. The van der Waals surface area contributed by atoms with Crippen LogP contribution in [0.2, 0.25) is 0 Å². The minimum absolute atomic E-state index is 0.215. The Balaban J connectivity index is 0.971. The molecule has 0 bridgehead atoms. The summed E-state index contributed by atoms with van der Waals surface area (Å²) in [6.07, 6.45) is 7.77. The van der Waals surface area contributed by atoms with Gasteiger partial charge in [-0.25, -0.2) is 9.97 Å². The molecule has 7 aromatic carbocycles. The van der Waals surface area contributed by atoms with Crippen LogP contribution in [0.15, 0.2) is 180 Å². The van der Waals surface area contributed by atoms with E-state index in [4.69, 9.17) is 14.4 Å². The summed E-state index contributed by atoms with van der Waals surface area (Å²) in [5, 5.41) is 6.25. The minimum Gasteiger partial charge on any atom is -0.452 e. The Bertz CT molecular complexity index is 3460. The van der Waals surface area contributed by atoms with Gasteiger partial charge in [-0.1, -0.05) is 146 Å². The van der Waals surface area contributed by atoms with Crippen LogP contribution in [-0.4, -0.2) is 9.97 Å². The average Bonchev–Trinajstić information content (AvgIpc) is 3.98. The van der Waals surface area contributed by atoms with E-state index in [9.17, 15) is 0 Å². The van der Waals surface area contributed by atoms with Crippen LogP contribution in [-0.2, 0) is 0 Å². The molecule has 3 nitrogen and oxygen atoms in total. The maximum absolute atomic E-state index is 6.66. The van der Waals surface area contributed by atoms with Gasteiger partial charge in [0.1, 0.15) is 16.8 Å². The van der Waals surface area contributed by atoms with Gasteiger partial charge in [0.25, 0.3) is 0 Å². The Hall–Kier alpha value is -6.66. The molecule has 4 aromatic heterocycles. The molecule has 4 heterocycles. The molecule has 0 saturated heterocycles. The lowest BCUT2D eigenvalue weighted by Crippen LogP contribution is -2.01. The van der Waals surface area contributed by atoms with Crippen molar-refractivity contribution in [2.24, 2.45) is 0 Å². The molecule has 1 aliphatic rings. The molecular formula is C52H32N2OS2. The molecule has 1 atom stereocenters. The van der Waals surface area contributed by atoms with Crippen LogP contribution in [0, 0.1) is 0 Å². The van der Waals surface area contributed by atoms with Crippen molar-refractivity contribution in [3.63, 3.8) is 0 Å². The van der Waals surface area contributed by atoms with E-state index in [1.54, 1.807) is 0 Å². The van der Waals surface area contributed by atoms with E-state index in [0.29, 0.717) is 11.4 Å². The number of hydrogen-bond acceptors (Lipinski definition) is 5. The number of furan rings is 1. The smallest absolute Gasteiger partial charge is 0.180 e. The zero-order valence-electron chi connectivity index (χ0n) is 30.6. The summed E-state index contributed by atoms with van der Waals surface area (Å²) in [7, 11) is 0. The number of hydrogen-bond donors (Lipinski definition) is 0. The third-order valence-electron chi connectivity index (χ3n) is 11.5. The van der Waals surface area contributed by atoms with Crippen molar-refractivity contribution in [2.45, 2.75) is 12.3 Å². The standard InChI is InChI=1S/C52H32N2OS2/c1-2-12-31(13-3-1)47-49-48(54-52(53-47)36-17-9-16-35(29-36)38-21-11-23-42-40-19-5-7-25-46(40)57-51(38)42)43-30-33(26-27-44(43)55-49)32-14-8-15-34(28-32)37-20-10-22-41-39-18-4-6-24-45(39)56-50(37)41/h1-27,29-30,32H,28H2. The molecule has 0 radical (unpaired) electrons. The van der Waals surface area contributed by atoms with Crippen molar-refractivity contribution in [1.29, 1.82) is 0 Å². The van der Waals surface area contributed by atoms with Crippen molar-refractivity contribution in [2.75, 3.05) is 0 Å². The van der Waals surface area contributed by atoms with Crippen LogP contribution >= 0.6 is 22.7 Å². The molecule has 1 aliphatic carbocycles. The number of thiophene rings is 2. The quantitative estimate of drug-likeness (QED) is 0.175. The van der Waals surface area contributed by atoms with Crippen LogP contribution in [0.4, 0.5) is 0 Å². The fraction of sp³-hybridized carbons (Fsp3) is 0.0385. The Labute approximate surface area is 336 Å². The van der Waals surface area contributed by atoms with Gasteiger partial charge in [0, 0.05) is 62.8 Å². The van der Waals surface area contributed by atoms with E-state index < -0.39 is 0 Å². The largest absolute Gasteiger partial charge is 0.452 e. The van der Waals surface area contributed by atoms with E-state index in [0.717, 1.165) is 45.3 Å². The Morgan fingerprint density at radius 3 is 1.96 bits per heavy atom. The second-order valence-electron chi connectivity index (χ2n) is 14.8. The fourth-order valence-corrected chi connectivity index (χ4v) is 11.2. The Morgan fingerprint density at radius 1 is 0.526 bits per heavy atom. The molecule has 1 unspecified atom stereocenters. The molecule has 5 heteroatoms. The number of aromatic nitrogens is 2. The normalized spacial score (nSPS) is 14.5. The average molecular weight is 765 g/mol. The molecular weight excluding hydrogens is 733 g/mol. The first-order chi connectivity index (χ1) is 28.2. The zero-order valence-corrected chi connectivity index (χ0v) is 32.3. The molecule has 11 aromatic rings. The van der Waals surface area contributed by atoms with Crippen LogP contribution in [0.3, 0.4) is 0 Å². The number of nitrogens with zero attached hydrogens (tertiary/aromatic N) is 2. The zero-order chi connectivity index (χ0) is 37.5. The highest BCUT2D eigenvalue weighted by atomic mass is 32.1. The third kappa shape index (κ3) is 5.31. The van der Waals surface area contributed by atoms with Crippen molar-refractivity contribution in [3.05, 3.63) is 187 Å². The number of benzene rings is 7. The minimum atomic E-state index is 0.215. The van der Waals surface area contributed by atoms with Gasteiger partial charge in [-0.3, -0.25) is 0 Å². The van der Waals surface area contributed by atoms with Gasteiger partial charge < -0.3 is 4.42 Å². The highest BCUT2D eigenvalue weighted by Gasteiger charge is 2.22. The molecule has 0 saturated carbocycles. The van der Waals surface area contributed by atoms with E-state index in [-0.39, 0.29) is 5.92 Å². The van der Waals surface area contributed by atoms with Crippen LogP contribution < -0.4 is 0 Å². The first kappa shape index (κ1) is 32.6. The van der Waals surface area contributed by atoms with Crippen molar-refractivity contribution in [3.8, 4) is 33.8 Å². The lowest BCUT2D eigenvalue weighted by Gasteiger charge is -2.20. The summed E-state index contributed by atoms with van der Waals surface area (Å²) < 4.78 is 11.9. The van der Waals surface area contributed by atoms with E-state index in [1.807, 2.05) is 28.7 Å². The van der Waals surface area contributed by atoms with Gasteiger partial charge in [-0.05, 0) is 64.6 Å². The first-order valence-corrected chi connectivity index (χ1v) is 21.0. The summed E-state index contributed by atoms with van der Waals surface area (Å²) >= 11 is 3.74. The topological polar surface area (TPSA) is 38.9 Å².